The van der Waals surface area contributed by atoms with Crippen molar-refractivity contribution in [3.63, 3.8) is 0 Å². The Morgan fingerprint density at radius 2 is 1.92 bits per heavy atom. The predicted octanol–water partition coefficient (Wildman–Crippen LogP) is 4.24. The van der Waals surface area contributed by atoms with Crippen molar-refractivity contribution in [1.29, 1.82) is 0 Å². The summed E-state index contributed by atoms with van der Waals surface area (Å²) in [6, 6.07) is 11.2. The van der Waals surface area contributed by atoms with Crippen LogP contribution in [0.5, 0.6) is 11.5 Å². The van der Waals surface area contributed by atoms with Crippen molar-refractivity contribution in [2.75, 3.05) is 19.0 Å². The molecule has 24 heavy (non-hydrogen) atoms. The number of ether oxygens (including phenoxy) is 2. The summed E-state index contributed by atoms with van der Waals surface area (Å²) < 4.78 is 10.7. The molecular formula is C19H20ClNO3. The Kier molecular flexibility index (Phi) is 5.26. The van der Waals surface area contributed by atoms with Crippen LogP contribution in [0.25, 0.3) is 0 Å². The van der Waals surface area contributed by atoms with Crippen LogP contribution in [0.3, 0.4) is 0 Å². The molecule has 0 saturated heterocycles. The topological polar surface area (TPSA) is 47.6 Å². The van der Waals surface area contributed by atoms with Crippen LogP contribution in [-0.4, -0.2) is 19.6 Å². The van der Waals surface area contributed by atoms with Gasteiger partial charge in [-0.3, -0.25) is 4.79 Å². The van der Waals surface area contributed by atoms with Gasteiger partial charge >= 0.3 is 0 Å². The maximum absolute atomic E-state index is 12.0. The Hall–Kier alpha value is -2.20. The van der Waals surface area contributed by atoms with E-state index in [1.807, 2.05) is 12.1 Å². The average Bonchev–Trinajstić information content (AvgIpc) is 2.60. The first-order valence-corrected chi connectivity index (χ1v) is 8.41. The van der Waals surface area contributed by atoms with Crippen molar-refractivity contribution in [3.8, 4) is 11.5 Å². The Labute approximate surface area is 146 Å². The number of hydrogen-bond acceptors (Lipinski definition) is 3. The van der Waals surface area contributed by atoms with E-state index in [4.69, 9.17) is 21.1 Å². The SMILES string of the molecule is COc1ccc(NC(=O)COc2ccc3c(c2)CCCC3)cc1Cl. The molecule has 1 N–H and O–H groups in total. The van der Waals surface area contributed by atoms with Gasteiger partial charge in [-0.15, -0.1) is 0 Å². The smallest absolute Gasteiger partial charge is 0.262 e. The molecule has 1 aliphatic carbocycles. The van der Waals surface area contributed by atoms with Crippen molar-refractivity contribution in [2.24, 2.45) is 0 Å². The van der Waals surface area contributed by atoms with Gasteiger partial charge in [-0.05, 0) is 67.1 Å². The molecule has 4 nitrogen and oxygen atoms in total. The number of hydrogen-bond donors (Lipinski definition) is 1. The zero-order chi connectivity index (χ0) is 16.9. The van der Waals surface area contributed by atoms with Gasteiger partial charge in [-0.1, -0.05) is 17.7 Å². The number of carbonyl (C=O) groups excluding carboxylic acids is 1. The zero-order valence-electron chi connectivity index (χ0n) is 13.6. The van der Waals surface area contributed by atoms with Crippen LogP contribution in [0, 0.1) is 0 Å². The van der Waals surface area contributed by atoms with E-state index in [0.29, 0.717) is 16.5 Å². The van der Waals surface area contributed by atoms with E-state index in [1.54, 1.807) is 25.3 Å². The van der Waals surface area contributed by atoms with Gasteiger partial charge in [-0.25, -0.2) is 0 Å². The summed E-state index contributed by atoms with van der Waals surface area (Å²) in [5.74, 6) is 1.08. The molecule has 1 amide bonds. The lowest BCUT2D eigenvalue weighted by atomic mass is 9.92. The third-order valence-electron chi connectivity index (χ3n) is 4.13. The number of anilines is 1. The van der Waals surface area contributed by atoms with Gasteiger partial charge in [0.25, 0.3) is 5.91 Å². The molecule has 5 heteroatoms. The molecule has 126 valence electrons. The molecule has 0 aliphatic heterocycles. The van der Waals surface area contributed by atoms with E-state index in [0.717, 1.165) is 18.6 Å². The predicted molar refractivity (Wildman–Crippen MR) is 95.2 cm³/mol. The molecule has 0 spiro atoms. The molecule has 2 aromatic rings. The summed E-state index contributed by atoms with van der Waals surface area (Å²) in [5, 5.41) is 3.21. The lowest BCUT2D eigenvalue weighted by Gasteiger charge is -2.16. The number of benzene rings is 2. The molecule has 1 aliphatic rings. The Balaban J connectivity index is 1.56. The summed E-state index contributed by atoms with van der Waals surface area (Å²) in [4.78, 5) is 12.0. The van der Waals surface area contributed by atoms with Gasteiger partial charge in [0.2, 0.25) is 0 Å². The fourth-order valence-electron chi connectivity index (χ4n) is 2.89. The first kappa shape index (κ1) is 16.7. The van der Waals surface area contributed by atoms with Crippen LogP contribution < -0.4 is 14.8 Å². The van der Waals surface area contributed by atoms with Gasteiger partial charge in [-0.2, -0.15) is 0 Å². The van der Waals surface area contributed by atoms with Crippen LogP contribution >= 0.6 is 11.6 Å². The summed E-state index contributed by atoms with van der Waals surface area (Å²) >= 11 is 6.05. The number of methoxy groups -OCH3 is 1. The maximum Gasteiger partial charge on any atom is 0.262 e. The molecule has 2 aromatic carbocycles. The highest BCUT2D eigenvalue weighted by atomic mass is 35.5. The van der Waals surface area contributed by atoms with E-state index >= 15 is 0 Å². The Bertz CT molecular complexity index is 745. The third-order valence-corrected chi connectivity index (χ3v) is 4.42. The standard InChI is InChI=1S/C19H20ClNO3/c1-23-18-9-7-15(11-17(18)20)21-19(22)12-24-16-8-6-13-4-2-3-5-14(13)10-16/h6-11H,2-5,12H2,1H3,(H,21,22). The van der Waals surface area contributed by atoms with Gasteiger partial charge in [0, 0.05) is 5.69 Å². The summed E-state index contributed by atoms with van der Waals surface area (Å²) in [5.41, 5.74) is 3.34. The minimum Gasteiger partial charge on any atom is -0.495 e. The first-order valence-electron chi connectivity index (χ1n) is 8.04. The van der Waals surface area contributed by atoms with E-state index < -0.39 is 0 Å². The summed E-state index contributed by atoms with van der Waals surface area (Å²) in [6.07, 6.45) is 4.69. The molecular weight excluding hydrogens is 326 g/mol. The molecule has 0 heterocycles. The Morgan fingerprint density at radius 1 is 1.12 bits per heavy atom. The highest BCUT2D eigenvalue weighted by Crippen LogP contribution is 2.27. The maximum atomic E-state index is 12.0. The van der Waals surface area contributed by atoms with E-state index in [1.165, 1.54) is 24.0 Å². The quantitative estimate of drug-likeness (QED) is 0.881. The van der Waals surface area contributed by atoms with Crippen molar-refractivity contribution in [3.05, 3.63) is 52.5 Å². The summed E-state index contributed by atoms with van der Waals surface area (Å²) in [6.45, 7) is -0.0393. The highest BCUT2D eigenvalue weighted by Gasteiger charge is 2.11. The normalized spacial score (nSPS) is 13.1. The molecule has 0 atom stereocenters. The van der Waals surface area contributed by atoms with Crippen molar-refractivity contribution in [2.45, 2.75) is 25.7 Å². The molecule has 0 bridgehead atoms. The van der Waals surface area contributed by atoms with E-state index in [9.17, 15) is 4.79 Å². The molecule has 0 unspecified atom stereocenters. The van der Waals surface area contributed by atoms with E-state index in [2.05, 4.69) is 11.4 Å². The summed E-state index contributed by atoms with van der Waals surface area (Å²) in [7, 11) is 1.55. The number of halogens is 1. The average molecular weight is 346 g/mol. The van der Waals surface area contributed by atoms with Gasteiger partial charge < -0.3 is 14.8 Å². The minimum atomic E-state index is -0.228. The molecule has 0 fully saturated rings. The van der Waals surface area contributed by atoms with Crippen LogP contribution in [0.15, 0.2) is 36.4 Å². The lowest BCUT2D eigenvalue weighted by Crippen LogP contribution is -2.20. The van der Waals surface area contributed by atoms with Crippen LogP contribution in [0.4, 0.5) is 5.69 Å². The Morgan fingerprint density at radius 3 is 2.67 bits per heavy atom. The second-order valence-corrected chi connectivity index (χ2v) is 6.23. The molecule has 3 rings (SSSR count). The fraction of sp³-hybridized carbons (Fsp3) is 0.316. The van der Waals surface area contributed by atoms with Crippen LogP contribution in [0.2, 0.25) is 5.02 Å². The second kappa shape index (κ2) is 7.58. The number of fused-ring (bicyclic) bond motifs is 1. The van der Waals surface area contributed by atoms with E-state index in [-0.39, 0.29) is 12.5 Å². The van der Waals surface area contributed by atoms with Gasteiger partial charge in [0.15, 0.2) is 6.61 Å². The molecule has 0 aromatic heterocycles. The lowest BCUT2D eigenvalue weighted by molar-refractivity contribution is -0.118. The minimum absolute atomic E-state index is 0.0393. The van der Waals surface area contributed by atoms with Crippen LogP contribution in [0.1, 0.15) is 24.0 Å². The van der Waals surface area contributed by atoms with Crippen LogP contribution in [-0.2, 0) is 17.6 Å². The number of aryl methyl sites for hydroxylation is 2. The van der Waals surface area contributed by atoms with Gasteiger partial charge in [0.1, 0.15) is 11.5 Å². The zero-order valence-corrected chi connectivity index (χ0v) is 14.4. The third kappa shape index (κ3) is 4.01. The number of rotatable bonds is 5. The first-order chi connectivity index (χ1) is 11.7. The highest BCUT2D eigenvalue weighted by molar-refractivity contribution is 6.32. The number of amides is 1. The van der Waals surface area contributed by atoms with Crippen molar-refractivity contribution in [1.82, 2.24) is 0 Å². The van der Waals surface area contributed by atoms with Crippen molar-refractivity contribution < 1.29 is 14.3 Å². The van der Waals surface area contributed by atoms with Gasteiger partial charge in [0.05, 0.1) is 12.1 Å². The number of nitrogens with one attached hydrogen (secondary N) is 1. The molecule has 0 radical (unpaired) electrons. The second-order valence-electron chi connectivity index (χ2n) is 5.82. The van der Waals surface area contributed by atoms with Crippen molar-refractivity contribution >= 4 is 23.2 Å². The fourth-order valence-corrected chi connectivity index (χ4v) is 3.15. The molecule has 0 saturated carbocycles. The monoisotopic (exact) mass is 345 g/mol. The largest absolute Gasteiger partial charge is 0.495 e. The number of carbonyl (C=O) groups is 1.